The van der Waals surface area contributed by atoms with Gasteiger partial charge in [-0.25, -0.2) is 0 Å². The summed E-state index contributed by atoms with van der Waals surface area (Å²) in [6.07, 6.45) is 5.44. The largest absolute Gasteiger partial charge is 0.508 e. The van der Waals surface area contributed by atoms with Crippen LogP contribution in [-0.4, -0.2) is 21.8 Å². The highest BCUT2D eigenvalue weighted by Crippen LogP contribution is 2.29. The van der Waals surface area contributed by atoms with E-state index in [2.05, 4.69) is 48.9 Å². The molecule has 1 aromatic carbocycles. The first-order chi connectivity index (χ1) is 11.6. The summed E-state index contributed by atoms with van der Waals surface area (Å²) in [5.74, 6) is 0.469. The highest BCUT2D eigenvalue weighted by atomic mass is 16.3. The maximum absolute atomic E-state index is 9.99. The van der Waals surface area contributed by atoms with E-state index in [1.807, 2.05) is 12.1 Å². The first kappa shape index (κ1) is 17.1. The minimum atomic E-state index is 0.469. The Bertz CT molecular complexity index is 670. The number of phenolic OH excluding ortho intramolecular Hbond substituents is 1. The van der Waals surface area contributed by atoms with Crippen molar-refractivity contribution in [3.05, 3.63) is 52.8 Å². The summed E-state index contributed by atoms with van der Waals surface area (Å²) in [5, 5.41) is 13.9. The van der Waals surface area contributed by atoms with Crippen molar-refractivity contribution in [2.75, 3.05) is 0 Å². The third-order valence-electron chi connectivity index (χ3n) is 5.54. The lowest BCUT2D eigenvalue weighted by Crippen LogP contribution is -2.41. The Morgan fingerprint density at radius 2 is 1.96 bits per heavy atom. The van der Waals surface area contributed by atoms with Crippen molar-refractivity contribution in [1.82, 2.24) is 9.88 Å². The lowest BCUT2D eigenvalue weighted by atomic mass is 9.87. The number of phenols is 1. The summed E-state index contributed by atoms with van der Waals surface area (Å²) in [7, 11) is 0. The van der Waals surface area contributed by atoms with Crippen LogP contribution in [0.1, 0.15) is 48.7 Å². The molecule has 24 heavy (non-hydrogen) atoms. The van der Waals surface area contributed by atoms with Crippen LogP contribution >= 0.6 is 0 Å². The van der Waals surface area contributed by atoms with Gasteiger partial charge in [0.15, 0.2) is 0 Å². The average molecular weight is 326 g/mol. The van der Waals surface area contributed by atoms with Crippen molar-refractivity contribution in [1.29, 1.82) is 0 Å². The van der Waals surface area contributed by atoms with E-state index in [1.54, 1.807) is 0 Å². The predicted molar refractivity (Wildman–Crippen MR) is 99.7 cm³/mol. The van der Waals surface area contributed by atoms with Crippen molar-refractivity contribution in [3.63, 3.8) is 0 Å². The zero-order valence-electron chi connectivity index (χ0n) is 15.2. The molecule has 1 aliphatic carbocycles. The minimum absolute atomic E-state index is 0.469. The van der Waals surface area contributed by atoms with Gasteiger partial charge in [-0.05, 0) is 75.3 Å². The number of nitrogens with zero attached hydrogens (tertiary/aromatic N) is 1. The summed E-state index contributed by atoms with van der Waals surface area (Å²) in [4.78, 5) is 0. The van der Waals surface area contributed by atoms with Crippen LogP contribution in [0.3, 0.4) is 0 Å². The van der Waals surface area contributed by atoms with Gasteiger partial charge in [-0.3, -0.25) is 0 Å². The molecule has 0 saturated heterocycles. The fraction of sp³-hybridized carbons (Fsp3) is 0.524. The summed E-state index contributed by atoms with van der Waals surface area (Å²) < 4.78 is 2.42. The molecule has 3 nitrogen and oxygen atoms in total. The molecule has 0 amide bonds. The normalized spacial score (nSPS) is 18.4. The van der Waals surface area contributed by atoms with Gasteiger partial charge in [-0.15, -0.1) is 0 Å². The molecule has 2 N–H and O–H groups in total. The zero-order valence-corrected chi connectivity index (χ0v) is 15.2. The Morgan fingerprint density at radius 3 is 2.67 bits per heavy atom. The van der Waals surface area contributed by atoms with E-state index >= 15 is 0 Å². The van der Waals surface area contributed by atoms with Crippen molar-refractivity contribution in [3.8, 4) is 5.75 Å². The van der Waals surface area contributed by atoms with Gasteiger partial charge < -0.3 is 15.0 Å². The minimum Gasteiger partial charge on any atom is -0.508 e. The fourth-order valence-electron chi connectivity index (χ4n) is 4.00. The summed E-state index contributed by atoms with van der Waals surface area (Å²) in [6, 6.07) is 11.4. The second-order valence-electron chi connectivity index (χ2n) is 7.18. The van der Waals surface area contributed by atoms with Crippen LogP contribution in [0.5, 0.6) is 5.75 Å². The van der Waals surface area contributed by atoms with E-state index in [4.69, 9.17) is 0 Å². The number of rotatable bonds is 6. The van der Waals surface area contributed by atoms with E-state index in [0.29, 0.717) is 17.8 Å². The highest BCUT2D eigenvalue weighted by Gasteiger charge is 2.22. The molecule has 2 aromatic rings. The van der Waals surface area contributed by atoms with Crippen molar-refractivity contribution in [2.45, 2.75) is 71.5 Å². The van der Waals surface area contributed by atoms with Crippen LogP contribution in [0.25, 0.3) is 0 Å². The molecule has 3 rings (SSSR count). The molecular formula is C21H30N2O. The second kappa shape index (κ2) is 7.43. The van der Waals surface area contributed by atoms with Crippen LogP contribution in [0.15, 0.2) is 30.3 Å². The third kappa shape index (κ3) is 3.67. The topological polar surface area (TPSA) is 37.2 Å². The lowest BCUT2D eigenvalue weighted by molar-refractivity contribution is 0.354. The maximum Gasteiger partial charge on any atom is 0.119 e. The van der Waals surface area contributed by atoms with E-state index in [0.717, 1.165) is 44.2 Å². The SMILES string of the molecule is CCC(CCn1c(C)ccc1C)NC1CCc2c(O)cccc2C1. The molecule has 0 fully saturated rings. The quantitative estimate of drug-likeness (QED) is 0.837. The molecule has 0 saturated carbocycles. The van der Waals surface area contributed by atoms with Gasteiger partial charge in [0, 0.05) is 30.0 Å². The summed E-state index contributed by atoms with van der Waals surface area (Å²) in [5.41, 5.74) is 5.17. The molecule has 130 valence electrons. The molecule has 2 unspecified atom stereocenters. The number of fused-ring (bicyclic) bond motifs is 1. The summed E-state index contributed by atoms with van der Waals surface area (Å²) >= 11 is 0. The predicted octanol–water partition coefficient (Wildman–Crippen LogP) is 4.13. The lowest BCUT2D eigenvalue weighted by Gasteiger charge is -2.30. The molecule has 0 spiro atoms. The highest BCUT2D eigenvalue weighted by molar-refractivity contribution is 5.41. The number of aryl methyl sites for hydroxylation is 2. The van der Waals surface area contributed by atoms with Gasteiger partial charge in [0.05, 0.1) is 0 Å². The molecule has 0 radical (unpaired) electrons. The number of hydrogen-bond acceptors (Lipinski definition) is 2. The molecule has 1 heterocycles. The Labute approximate surface area is 145 Å². The first-order valence-corrected chi connectivity index (χ1v) is 9.27. The van der Waals surface area contributed by atoms with Crippen LogP contribution < -0.4 is 5.32 Å². The van der Waals surface area contributed by atoms with Crippen LogP contribution in [-0.2, 0) is 19.4 Å². The van der Waals surface area contributed by atoms with Gasteiger partial charge in [0.1, 0.15) is 5.75 Å². The number of benzene rings is 1. The van der Waals surface area contributed by atoms with E-state index in [9.17, 15) is 5.11 Å². The average Bonchev–Trinajstić information content (AvgIpc) is 2.90. The monoisotopic (exact) mass is 326 g/mol. The number of aromatic nitrogens is 1. The molecule has 0 bridgehead atoms. The molecule has 0 aliphatic heterocycles. The molecule has 1 aromatic heterocycles. The summed E-state index contributed by atoms with van der Waals surface area (Å²) in [6.45, 7) is 7.73. The molecule has 3 heteroatoms. The Balaban J connectivity index is 1.58. The van der Waals surface area contributed by atoms with Crippen molar-refractivity contribution < 1.29 is 5.11 Å². The van der Waals surface area contributed by atoms with Gasteiger partial charge in [0.2, 0.25) is 0 Å². The van der Waals surface area contributed by atoms with Crippen LogP contribution in [0.4, 0.5) is 0 Å². The van der Waals surface area contributed by atoms with Crippen molar-refractivity contribution >= 4 is 0 Å². The second-order valence-corrected chi connectivity index (χ2v) is 7.18. The van der Waals surface area contributed by atoms with Gasteiger partial charge in [-0.1, -0.05) is 19.1 Å². The molecular weight excluding hydrogens is 296 g/mol. The number of aromatic hydroxyl groups is 1. The number of nitrogens with one attached hydrogen (secondary N) is 1. The van der Waals surface area contributed by atoms with Crippen LogP contribution in [0, 0.1) is 13.8 Å². The standard InChI is InChI=1S/C21H30N2O/c1-4-18(12-13-23-15(2)8-9-16(23)3)22-19-10-11-20-17(14-19)6-5-7-21(20)24/h5-9,18-19,22,24H,4,10-14H2,1-3H3. The Kier molecular flexibility index (Phi) is 5.30. The first-order valence-electron chi connectivity index (χ1n) is 9.27. The smallest absolute Gasteiger partial charge is 0.119 e. The Morgan fingerprint density at radius 1 is 1.21 bits per heavy atom. The maximum atomic E-state index is 9.99. The van der Waals surface area contributed by atoms with E-state index in [1.165, 1.54) is 17.0 Å². The van der Waals surface area contributed by atoms with Gasteiger partial charge in [-0.2, -0.15) is 0 Å². The van der Waals surface area contributed by atoms with Gasteiger partial charge in [0.25, 0.3) is 0 Å². The van der Waals surface area contributed by atoms with Gasteiger partial charge >= 0.3 is 0 Å². The van der Waals surface area contributed by atoms with Crippen LogP contribution in [0.2, 0.25) is 0 Å². The zero-order chi connectivity index (χ0) is 17.1. The molecule has 1 aliphatic rings. The van der Waals surface area contributed by atoms with E-state index in [-0.39, 0.29) is 0 Å². The van der Waals surface area contributed by atoms with E-state index < -0.39 is 0 Å². The molecule has 2 atom stereocenters. The van der Waals surface area contributed by atoms with Crippen molar-refractivity contribution in [2.24, 2.45) is 0 Å². The number of hydrogen-bond donors (Lipinski definition) is 2. The third-order valence-corrected chi connectivity index (χ3v) is 5.54. The fourth-order valence-corrected chi connectivity index (χ4v) is 4.00. The Hall–Kier alpha value is -1.74.